The van der Waals surface area contributed by atoms with Gasteiger partial charge in [0.1, 0.15) is 5.69 Å². The smallest absolute Gasteiger partial charge is 0.271 e. The first kappa shape index (κ1) is 15.0. The van der Waals surface area contributed by atoms with Crippen LogP contribution in [0.3, 0.4) is 0 Å². The number of carbonyl (C=O) groups excluding carboxylic acids is 1. The highest BCUT2D eigenvalue weighted by molar-refractivity contribution is 5.93. The molecule has 1 N–H and O–H groups in total. The van der Waals surface area contributed by atoms with Crippen LogP contribution in [0.15, 0.2) is 54.9 Å². The van der Waals surface area contributed by atoms with Crippen LogP contribution in [0, 0.1) is 6.92 Å². The highest BCUT2D eigenvalue weighted by Gasteiger charge is 2.16. The zero-order valence-corrected chi connectivity index (χ0v) is 13.2. The van der Waals surface area contributed by atoms with E-state index >= 15 is 0 Å². The van der Waals surface area contributed by atoms with Crippen LogP contribution in [0.4, 0.5) is 0 Å². The maximum Gasteiger partial charge on any atom is 0.271 e. The molecule has 1 amide bonds. The average molecular weight is 306 g/mol. The van der Waals surface area contributed by atoms with E-state index in [1.165, 1.54) is 0 Å². The van der Waals surface area contributed by atoms with E-state index in [-0.39, 0.29) is 5.91 Å². The number of aryl methyl sites for hydroxylation is 1. The summed E-state index contributed by atoms with van der Waals surface area (Å²) < 4.78 is 0. The Bertz CT molecular complexity index is 811. The monoisotopic (exact) mass is 306 g/mol. The molecule has 0 atom stereocenters. The number of amides is 1. The third-order valence-electron chi connectivity index (χ3n) is 3.77. The first-order valence-corrected chi connectivity index (χ1v) is 7.41. The van der Waals surface area contributed by atoms with E-state index < -0.39 is 0 Å². The van der Waals surface area contributed by atoms with Crippen molar-refractivity contribution in [3.63, 3.8) is 0 Å². The van der Waals surface area contributed by atoms with E-state index in [2.05, 4.69) is 15.2 Å². The standard InChI is InChI=1S/C18H18N4O/c1-13-11-19-9-8-15(13)12-22(2)18(23)17-10-16(20-21-17)14-6-4-3-5-7-14/h3-11H,12H2,1-2H3,(H,20,21). The van der Waals surface area contributed by atoms with Gasteiger partial charge < -0.3 is 4.90 Å². The zero-order valence-electron chi connectivity index (χ0n) is 13.2. The van der Waals surface area contributed by atoms with Gasteiger partial charge in [-0.05, 0) is 30.2 Å². The van der Waals surface area contributed by atoms with Gasteiger partial charge in [0.25, 0.3) is 5.91 Å². The lowest BCUT2D eigenvalue weighted by Crippen LogP contribution is -2.26. The molecule has 5 nitrogen and oxygen atoms in total. The third-order valence-corrected chi connectivity index (χ3v) is 3.77. The number of benzene rings is 1. The number of H-pyrrole nitrogens is 1. The Morgan fingerprint density at radius 3 is 2.74 bits per heavy atom. The molecular formula is C18H18N4O. The summed E-state index contributed by atoms with van der Waals surface area (Å²) in [5.41, 5.74) is 4.39. The van der Waals surface area contributed by atoms with Crippen molar-refractivity contribution in [2.75, 3.05) is 7.05 Å². The number of hydrogen-bond donors (Lipinski definition) is 1. The summed E-state index contributed by atoms with van der Waals surface area (Å²) in [6, 6.07) is 13.5. The van der Waals surface area contributed by atoms with E-state index in [1.807, 2.05) is 43.3 Å². The van der Waals surface area contributed by atoms with Gasteiger partial charge in [-0.3, -0.25) is 14.9 Å². The summed E-state index contributed by atoms with van der Waals surface area (Å²) in [6.07, 6.45) is 3.54. The molecule has 0 aliphatic heterocycles. The number of aromatic amines is 1. The van der Waals surface area contributed by atoms with Crippen molar-refractivity contribution in [2.24, 2.45) is 0 Å². The van der Waals surface area contributed by atoms with Gasteiger partial charge in [-0.2, -0.15) is 5.10 Å². The van der Waals surface area contributed by atoms with Gasteiger partial charge in [-0.15, -0.1) is 0 Å². The Hall–Kier alpha value is -2.95. The lowest BCUT2D eigenvalue weighted by atomic mass is 10.1. The number of aromatic nitrogens is 3. The van der Waals surface area contributed by atoms with Crippen molar-refractivity contribution >= 4 is 5.91 Å². The van der Waals surface area contributed by atoms with Crippen molar-refractivity contribution in [3.05, 3.63) is 71.7 Å². The van der Waals surface area contributed by atoms with Crippen molar-refractivity contribution in [1.82, 2.24) is 20.1 Å². The molecule has 116 valence electrons. The van der Waals surface area contributed by atoms with Gasteiger partial charge in [-0.25, -0.2) is 0 Å². The SMILES string of the molecule is Cc1cnccc1CN(C)C(=O)c1cc(-c2ccccc2)n[nH]1. The van der Waals surface area contributed by atoms with Crippen LogP contribution in [0.5, 0.6) is 0 Å². The largest absolute Gasteiger partial charge is 0.336 e. The normalized spacial score (nSPS) is 10.5. The first-order valence-electron chi connectivity index (χ1n) is 7.41. The quantitative estimate of drug-likeness (QED) is 0.806. The van der Waals surface area contributed by atoms with Gasteiger partial charge in [0.2, 0.25) is 0 Å². The molecule has 2 aromatic heterocycles. The molecule has 3 aromatic rings. The number of nitrogens with zero attached hydrogens (tertiary/aromatic N) is 3. The minimum Gasteiger partial charge on any atom is -0.336 e. The van der Waals surface area contributed by atoms with E-state index in [1.54, 1.807) is 30.4 Å². The van der Waals surface area contributed by atoms with Gasteiger partial charge in [0.05, 0.1) is 5.69 Å². The van der Waals surface area contributed by atoms with Gasteiger partial charge in [0.15, 0.2) is 0 Å². The Labute approximate surface area is 135 Å². The van der Waals surface area contributed by atoms with Crippen LogP contribution < -0.4 is 0 Å². The van der Waals surface area contributed by atoms with Gasteiger partial charge >= 0.3 is 0 Å². The predicted octanol–water partition coefficient (Wildman–Crippen LogP) is 3.05. The second-order valence-electron chi connectivity index (χ2n) is 5.50. The summed E-state index contributed by atoms with van der Waals surface area (Å²) >= 11 is 0. The molecule has 0 aliphatic rings. The molecule has 0 aliphatic carbocycles. The maximum atomic E-state index is 12.5. The molecule has 2 heterocycles. The van der Waals surface area contributed by atoms with Crippen molar-refractivity contribution in [1.29, 1.82) is 0 Å². The summed E-state index contributed by atoms with van der Waals surface area (Å²) in [4.78, 5) is 18.3. The van der Waals surface area contributed by atoms with E-state index in [0.717, 1.165) is 22.4 Å². The summed E-state index contributed by atoms with van der Waals surface area (Å²) in [7, 11) is 1.78. The van der Waals surface area contributed by atoms with Crippen molar-refractivity contribution in [3.8, 4) is 11.3 Å². The molecule has 0 saturated heterocycles. The molecule has 0 spiro atoms. The second kappa shape index (κ2) is 6.44. The van der Waals surface area contributed by atoms with E-state index in [4.69, 9.17) is 0 Å². The van der Waals surface area contributed by atoms with E-state index in [9.17, 15) is 4.79 Å². The Morgan fingerprint density at radius 1 is 1.22 bits per heavy atom. The lowest BCUT2D eigenvalue weighted by Gasteiger charge is -2.17. The Morgan fingerprint density at radius 2 is 2.00 bits per heavy atom. The molecule has 0 bridgehead atoms. The fraction of sp³-hybridized carbons (Fsp3) is 0.167. The lowest BCUT2D eigenvalue weighted by molar-refractivity contribution is 0.0779. The topological polar surface area (TPSA) is 61.9 Å². The highest BCUT2D eigenvalue weighted by atomic mass is 16.2. The van der Waals surface area contributed by atoms with Crippen LogP contribution in [0.1, 0.15) is 21.6 Å². The van der Waals surface area contributed by atoms with Crippen molar-refractivity contribution in [2.45, 2.75) is 13.5 Å². The molecular weight excluding hydrogens is 288 g/mol. The molecule has 0 radical (unpaired) electrons. The average Bonchev–Trinajstić information content (AvgIpc) is 3.07. The Kier molecular flexibility index (Phi) is 4.19. The van der Waals surface area contributed by atoms with Crippen LogP contribution in [0.25, 0.3) is 11.3 Å². The van der Waals surface area contributed by atoms with Gasteiger partial charge in [0, 0.05) is 31.5 Å². The Balaban J connectivity index is 1.76. The minimum absolute atomic E-state index is 0.0871. The molecule has 0 unspecified atom stereocenters. The van der Waals surface area contributed by atoms with Crippen LogP contribution in [0.2, 0.25) is 0 Å². The first-order chi connectivity index (χ1) is 11.1. The molecule has 5 heteroatoms. The predicted molar refractivity (Wildman–Crippen MR) is 88.8 cm³/mol. The fourth-order valence-electron chi connectivity index (χ4n) is 2.40. The maximum absolute atomic E-state index is 12.5. The molecule has 3 rings (SSSR count). The fourth-order valence-corrected chi connectivity index (χ4v) is 2.40. The molecule has 0 fully saturated rings. The van der Waals surface area contributed by atoms with Crippen LogP contribution >= 0.6 is 0 Å². The van der Waals surface area contributed by atoms with Crippen LogP contribution in [-0.4, -0.2) is 33.0 Å². The van der Waals surface area contributed by atoms with Gasteiger partial charge in [-0.1, -0.05) is 30.3 Å². The summed E-state index contributed by atoms with van der Waals surface area (Å²) in [6.45, 7) is 2.53. The number of hydrogen-bond acceptors (Lipinski definition) is 3. The highest BCUT2D eigenvalue weighted by Crippen LogP contribution is 2.18. The number of pyridine rings is 1. The second-order valence-corrected chi connectivity index (χ2v) is 5.50. The molecule has 23 heavy (non-hydrogen) atoms. The molecule has 1 aromatic carbocycles. The summed E-state index contributed by atoms with van der Waals surface area (Å²) in [5, 5.41) is 7.06. The third kappa shape index (κ3) is 3.29. The molecule has 0 saturated carbocycles. The van der Waals surface area contributed by atoms with Crippen LogP contribution in [-0.2, 0) is 6.54 Å². The minimum atomic E-state index is -0.0871. The zero-order chi connectivity index (χ0) is 16.2. The number of rotatable bonds is 4. The summed E-state index contributed by atoms with van der Waals surface area (Å²) in [5.74, 6) is -0.0871. The number of carbonyl (C=O) groups is 1. The van der Waals surface area contributed by atoms with E-state index in [0.29, 0.717) is 12.2 Å². The number of nitrogens with one attached hydrogen (secondary N) is 1. The van der Waals surface area contributed by atoms with Crippen molar-refractivity contribution < 1.29 is 4.79 Å².